The van der Waals surface area contributed by atoms with E-state index in [1.54, 1.807) is 0 Å². The Morgan fingerprint density at radius 1 is 0.299 bits per heavy atom. The maximum absolute atomic E-state index is 12.7. The van der Waals surface area contributed by atoms with Crippen LogP contribution in [0.15, 0.2) is 0 Å². The SMILES string of the molecule is CC(=O)N[C@@H]1[C@H](O[C@@H]2[C@@H](O[C@@H]3[C@H](O)[C@H](O[C@H]4[C@H](O)[C@@H](NC(C)=O)[C@@H](O)O[C@@H]4CO)O[C@H](CO[C@H]4O[C@H](CO)[C@@H](O)[C@H](O)[C@@H]4O[C@@H]4O[C@H](CO)[C@@H](O)[C@H](O)[C@H]4NC(C)=O)[C@H]3O)O[C@H](CO)[C@@H](O)[C@@H]2O)O[C@H](CO)[C@@H](O[C@@H]2O[C@H](CO)[C@H](O)[C@H](O)[C@H]2O)[C@@H]1O. The van der Waals surface area contributed by atoms with E-state index in [-0.39, 0.29) is 0 Å². The van der Waals surface area contributed by atoms with Crippen molar-refractivity contribution in [3.05, 3.63) is 0 Å². The van der Waals surface area contributed by atoms with E-state index in [1.807, 2.05) is 0 Å². The van der Waals surface area contributed by atoms with Crippen LogP contribution in [-0.4, -0.2) is 381 Å². The topological polar surface area (TPSA) is 612 Å². The zero-order valence-corrected chi connectivity index (χ0v) is 46.6. The number of aliphatic hydroxyl groups excluding tert-OH is 20. The summed E-state index contributed by atoms with van der Waals surface area (Å²) >= 11 is 0. The Bertz CT molecular complexity index is 2190. The van der Waals surface area contributed by atoms with Crippen molar-refractivity contribution in [2.24, 2.45) is 0 Å². The zero-order valence-electron chi connectivity index (χ0n) is 46.6. The monoisotopic (exact) mass is 1280 g/mol. The van der Waals surface area contributed by atoms with Gasteiger partial charge in [-0.2, -0.15) is 0 Å². The predicted molar refractivity (Wildman–Crippen MR) is 267 cm³/mol. The molecule has 23 N–H and O–H groups in total. The van der Waals surface area contributed by atoms with Crippen LogP contribution in [0.25, 0.3) is 0 Å². The molecule has 39 heteroatoms. The molecule has 7 saturated heterocycles. The molecule has 7 aliphatic rings. The highest BCUT2D eigenvalue weighted by molar-refractivity contribution is 5.74. The molecule has 87 heavy (non-hydrogen) atoms. The van der Waals surface area contributed by atoms with Crippen molar-refractivity contribution in [1.29, 1.82) is 0 Å². The molecule has 35 atom stereocenters. The first-order valence-electron chi connectivity index (χ1n) is 27.6. The van der Waals surface area contributed by atoms with Crippen molar-refractivity contribution >= 4 is 17.7 Å². The molecular formula is C48H81N3O36. The molecule has 7 fully saturated rings. The van der Waals surface area contributed by atoms with Crippen molar-refractivity contribution in [3.8, 4) is 0 Å². The van der Waals surface area contributed by atoms with Gasteiger partial charge in [0.1, 0.15) is 171 Å². The second kappa shape index (κ2) is 31.1. The van der Waals surface area contributed by atoms with Gasteiger partial charge in [0.25, 0.3) is 0 Å². The first-order chi connectivity index (χ1) is 41.1. The fourth-order valence-corrected chi connectivity index (χ4v) is 11.1. The highest BCUT2D eigenvalue weighted by atomic mass is 16.8. The summed E-state index contributed by atoms with van der Waals surface area (Å²) in [5, 5.41) is 225. The fraction of sp³-hybridized carbons (Fsp3) is 0.938. The van der Waals surface area contributed by atoms with Gasteiger partial charge in [0.2, 0.25) is 17.7 Å². The molecule has 0 saturated carbocycles. The van der Waals surface area contributed by atoms with Gasteiger partial charge >= 0.3 is 0 Å². The molecule has 0 spiro atoms. The molecule has 7 heterocycles. The highest BCUT2D eigenvalue weighted by Crippen LogP contribution is 2.38. The Morgan fingerprint density at radius 3 is 1.11 bits per heavy atom. The molecule has 0 aromatic rings. The van der Waals surface area contributed by atoms with Crippen LogP contribution in [-0.2, 0) is 76.0 Å². The predicted octanol–water partition coefficient (Wildman–Crippen LogP) is -15.8. The van der Waals surface area contributed by atoms with Gasteiger partial charge in [0.15, 0.2) is 44.0 Å². The molecule has 7 aliphatic heterocycles. The van der Waals surface area contributed by atoms with E-state index in [1.165, 1.54) is 0 Å². The molecular weight excluding hydrogens is 1190 g/mol. The Hall–Kier alpha value is -2.91. The molecule has 39 nitrogen and oxygen atoms in total. The summed E-state index contributed by atoms with van der Waals surface area (Å²) in [5.74, 6) is -2.50. The maximum atomic E-state index is 12.7. The van der Waals surface area contributed by atoms with E-state index in [4.69, 9.17) is 61.6 Å². The van der Waals surface area contributed by atoms with E-state index in [0.29, 0.717) is 0 Å². The summed E-state index contributed by atoms with van der Waals surface area (Å²) in [6.07, 6.45) is -63.8. The summed E-state index contributed by atoms with van der Waals surface area (Å²) in [6.45, 7) is -4.10. The van der Waals surface area contributed by atoms with Gasteiger partial charge in [-0.3, -0.25) is 14.4 Å². The van der Waals surface area contributed by atoms with Crippen LogP contribution >= 0.6 is 0 Å². The average molecular weight is 1280 g/mol. The number of hydrogen-bond donors (Lipinski definition) is 23. The lowest BCUT2D eigenvalue weighted by atomic mass is 9.94. The lowest BCUT2D eigenvalue weighted by Gasteiger charge is -2.51. The molecule has 0 radical (unpaired) electrons. The first-order valence-corrected chi connectivity index (χ1v) is 27.6. The maximum Gasteiger partial charge on any atom is 0.217 e. The minimum atomic E-state index is -2.40. The normalized spacial score (nSPS) is 48.9. The van der Waals surface area contributed by atoms with Gasteiger partial charge < -0.3 is 180 Å². The summed E-state index contributed by atoms with van der Waals surface area (Å²) in [5.41, 5.74) is 0. The number of rotatable bonds is 22. The van der Waals surface area contributed by atoms with Crippen LogP contribution in [0.2, 0.25) is 0 Å². The van der Waals surface area contributed by atoms with Gasteiger partial charge in [-0.05, 0) is 0 Å². The van der Waals surface area contributed by atoms with Gasteiger partial charge in [-0.15, -0.1) is 0 Å². The fourth-order valence-electron chi connectivity index (χ4n) is 11.1. The number of carbonyl (C=O) groups excluding carboxylic acids is 3. The van der Waals surface area contributed by atoms with Gasteiger partial charge in [-0.1, -0.05) is 0 Å². The van der Waals surface area contributed by atoms with E-state index in [2.05, 4.69) is 16.0 Å². The van der Waals surface area contributed by atoms with Crippen LogP contribution in [0.1, 0.15) is 20.8 Å². The molecule has 504 valence electrons. The van der Waals surface area contributed by atoms with Crippen LogP contribution in [0.3, 0.4) is 0 Å². The zero-order chi connectivity index (χ0) is 64.2. The number of carbonyl (C=O) groups is 3. The molecule has 0 aliphatic carbocycles. The van der Waals surface area contributed by atoms with Gasteiger partial charge in [-0.25, -0.2) is 0 Å². The quantitative estimate of drug-likeness (QED) is 0.0479. The van der Waals surface area contributed by atoms with Crippen LogP contribution in [0, 0.1) is 0 Å². The van der Waals surface area contributed by atoms with Crippen molar-refractivity contribution in [3.63, 3.8) is 0 Å². The average Bonchev–Trinajstić information content (AvgIpc) is 2.81. The molecule has 7 rings (SSSR count). The molecule has 0 aromatic heterocycles. The molecule has 0 bridgehead atoms. The van der Waals surface area contributed by atoms with E-state index in [0.717, 1.165) is 20.8 Å². The van der Waals surface area contributed by atoms with Crippen molar-refractivity contribution in [2.45, 2.75) is 236 Å². The molecule has 0 aromatic carbocycles. The largest absolute Gasteiger partial charge is 0.394 e. The second-order valence-electron chi connectivity index (χ2n) is 21.8. The van der Waals surface area contributed by atoms with E-state index in [9.17, 15) is 117 Å². The summed E-state index contributed by atoms with van der Waals surface area (Å²) in [7, 11) is 0. The van der Waals surface area contributed by atoms with Crippen LogP contribution < -0.4 is 16.0 Å². The third kappa shape index (κ3) is 15.8. The summed E-state index contributed by atoms with van der Waals surface area (Å²) in [6, 6.07) is -5.21. The minimum Gasteiger partial charge on any atom is -0.394 e. The third-order valence-electron chi connectivity index (χ3n) is 15.7. The third-order valence-corrected chi connectivity index (χ3v) is 15.7. The Balaban J connectivity index is 1.22. The molecule has 0 unspecified atom stereocenters. The Kier molecular flexibility index (Phi) is 25.6. The number of ether oxygens (including phenoxy) is 13. The number of hydrogen-bond acceptors (Lipinski definition) is 36. The summed E-state index contributed by atoms with van der Waals surface area (Å²) < 4.78 is 75.9. The lowest BCUT2D eigenvalue weighted by molar-refractivity contribution is -0.397. The first kappa shape index (κ1) is 71.5. The van der Waals surface area contributed by atoms with Crippen molar-refractivity contribution in [2.75, 3.05) is 46.2 Å². The summed E-state index contributed by atoms with van der Waals surface area (Å²) in [4.78, 5) is 37.1. The van der Waals surface area contributed by atoms with Gasteiger partial charge in [0.05, 0.1) is 46.2 Å². The number of nitrogens with one attached hydrogen (secondary N) is 3. The lowest BCUT2D eigenvalue weighted by Crippen LogP contribution is -2.70. The molecule has 3 amide bonds. The number of aliphatic hydroxyl groups is 20. The van der Waals surface area contributed by atoms with Crippen molar-refractivity contribution < 1.29 is 178 Å². The Labute approximate surface area is 492 Å². The van der Waals surface area contributed by atoms with E-state index < -0.39 is 279 Å². The smallest absolute Gasteiger partial charge is 0.217 e. The number of amides is 3. The van der Waals surface area contributed by atoms with Crippen LogP contribution in [0.4, 0.5) is 0 Å². The van der Waals surface area contributed by atoms with Gasteiger partial charge in [0, 0.05) is 20.8 Å². The minimum absolute atomic E-state index is 0.797. The standard InChI is InChI=1S/C48H81N3O36/c1-11(58)49-21-30(67)37(18(8-56)76-42(21)74)84-46-36(73)39(28(65)20(82-46)10-75-47-40(33(70)26(63)16(6-54)79-47)86-43-22(50-12(2)59)29(66)24(61)14(4-52)77-43)85-48-41(34(71)27(64)17(7-55)80-48)87-44-23(51-13(3)60)31(68)38(19(9-57)81-44)83-45-35(72)32(69)25(62)15(5-53)78-45/h14-48,52-57,61-74H,4-10H2,1-3H3,(H,49,58)(H,50,59)(H,51,60)/t14-,15-,16-,17-,18-,19-,20-,21-,22-,23+,24-,25+,26-,27-,28-,29-,30-,31-,32+,33+,34+,35-,36+,37-,38-,39+,40+,41+,42+,43+,44+,45+,46+,47+,48-/m1/s1. The second-order valence-corrected chi connectivity index (χ2v) is 21.8. The highest BCUT2D eigenvalue weighted by Gasteiger charge is 2.59. The van der Waals surface area contributed by atoms with E-state index >= 15 is 0 Å². The Morgan fingerprint density at radius 2 is 0.632 bits per heavy atom. The van der Waals surface area contributed by atoms with Crippen molar-refractivity contribution in [1.82, 2.24) is 16.0 Å². The van der Waals surface area contributed by atoms with Crippen LogP contribution in [0.5, 0.6) is 0 Å².